The molecule has 12 nitrogen and oxygen atoms in total. The van der Waals surface area contributed by atoms with Crippen LogP contribution in [0.4, 0.5) is 17.1 Å². The number of carbonyl (C=O) groups excluding carboxylic acids is 2. The van der Waals surface area contributed by atoms with E-state index in [2.05, 4.69) is 25.6 Å². The standard InChI is InChI=1S/C26H38N6O6S/c1-19(2)25(26(34)28-14-15-37-16-17-38-18-24(33)27-3)31-39(35,36)23-12-8-21(9-13-23)30-29-20-6-10-22(11-7-20)32(4)5/h6-13,19,25,31H,14-18H2,1-5H3,(H,27,33)(H,28,34). The van der Waals surface area contributed by atoms with Gasteiger partial charge in [-0.05, 0) is 54.4 Å². The number of azo groups is 1. The summed E-state index contributed by atoms with van der Waals surface area (Å²) in [5.74, 6) is -0.989. The highest BCUT2D eigenvalue weighted by Crippen LogP contribution is 2.22. The Balaban J connectivity index is 1.87. The highest BCUT2D eigenvalue weighted by Gasteiger charge is 2.28. The van der Waals surface area contributed by atoms with Crippen LogP contribution < -0.4 is 20.3 Å². The Bertz CT molecular complexity index is 1180. The van der Waals surface area contributed by atoms with Crippen LogP contribution in [-0.2, 0) is 29.1 Å². The monoisotopic (exact) mass is 562 g/mol. The third kappa shape index (κ3) is 11.1. The fraction of sp³-hybridized carbons (Fsp3) is 0.462. The van der Waals surface area contributed by atoms with Crippen molar-refractivity contribution in [1.82, 2.24) is 15.4 Å². The lowest BCUT2D eigenvalue weighted by Gasteiger charge is -2.21. The van der Waals surface area contributed by atoms with Gasteiger partial charge in [0.1, 0.15) is 12.6 Å². The van der Waals surface area contributed by atoms with Crippen molar-refractivity contribution in [2.24, 2.45) is 16.1 Å². The molecule has 3 N–H and O–H groups in total. The van der Waals surface area contributed by atoms with Gasteiger partial charge in [0.25, 0.3) is 0 Å². The third-order valence-electron chi connectivity index (χ3n) is 5.45. The minimum absolute atomic E-state index is 0.00956. The van der Waals surface area contributed by atoms with Crippen LogP contribution in [0.5, 0.6) is 0 Å². The summed E-state index contributed by atoms with van der Waals surface area (Å²) < 4.78 is 38.9. The highest BCUT2D eigenvalue weighted by atomic mass is 32.2. The number of nitrogens with zero attached hydrogens (tertiary/aromatic N) is 3. The molecule has 0 aromatic heterocycles. The van der Waals surface area contributed by atoms with E-state index in [1.807, 2.05) is 43.3 Å². The van der Waals surface area contributed by atoms with E-state index in [4.69, 9.17) is 9.47 Å². The average Bonchev–Trinajstić information content (AvgIpc) is 2.92. The molecule has 0 spiro atoms. The molecule has 0 fully saturated rings. The Labute approximate surface area is 230 Å². The smallest absolute Gasteiger partial charge is 0.245 e. The molecule has 2 aromatic carbocycles. The molecule has 2 aromatic rings. The second kappa shape index (κ2) is 15.9. The number of benzene rings is 2. The molecule has 0 aliphatic heterocycles. The van der Waals surface area contributed by atoms with Crippen molar-refractivity contribution >= 4 is 38.9 Å². The van der Waals surface area contributed by atoms with Gasteiger partial charge in [-0.3, -0.25) is 9.59 Å². The molecule has 1 atom stereocenters. The van der Waals surface area contributed by atoms with E-state index in [-0.39, 0.29) is 49.7 Å². The summed E-state index contributed by atoms with van der Waals surface area (Å²) in [6.07, 6.45) is 0. The van der Waals surface area contributed by atoms with Crippen molar-refractivity contribution in [2.45, 2.75) is 24.8 Å². The van der Waals surface area contributed by atoms with Gasteiger partial charge in [-0.1, -0.05) is 13.8 Å². The maximum atomic E-state index is 13.0. The van der Waals surface area contributed by atoms with Crippen LogP contribution in [0.2, 0.25) is 0 Å². The Kier molecular flexibility index (Phi) is 13.0. The maximum absolute atomic E-state index is 13.0. The first-order valence-corrected chi connectivity index (χ1v) is 14.0. The molecule has 0 aliphatic rings. The molecule has 2 amide bonds. The molecule has 0 bridgehead atoms. The van der Waals surface area contributed by atoms with Gasteiger partial charge in [-0.25, -0.2) is 8.42 Å². The number of ether oxygens (including phenoxy) is 2. The first-order chi connectivity index (χ1) is 18.5. The number of anilines is 1. The number of likely N-dealkylation sites (N-methyl/N-ethyl adjacent to an activating group) is 1. The first-order valence-electron chi connectivity index (χ1n) is 12.5. The highest BCUT2D eigenvalue weighted by molar-refractivity contribution is 7.89. The summed E-state index contributed by atoms with van der Waals surface area (Å²) in [6, 6.07) is 12.5. The van der Waals surface area contributed by atoms with Gasteiger partial charge in [0.15, 0.2) is 0 Å². The minimum atomic E-state index is -3.97. The van der Waals surface area contributed by atoms with Crippen molar-refractivity contribution in [2.75, 3.05) is 59.0 Å². The van der Waals surface area contributed by atoms with Crippen LogP contribution in [0.25, 0.3) is 0 Å². The zero-order valence-electron chi connectivity index (χ0n) is 23.0. The zero-order valence-corrected chi connectivity index (χ0v) is 23.8. The average molecular weight is 563 g/mol. The summed E-state index contributed by atoms with van der Waals surface area (Å²) >= 11 is 0. The molecule has 1 unspecified atom stereocenters. The van der Waals surface area contributed by atoms with Crippen LogP contribution >= 0.6 is 0 Å². The molecular weight excluding hydrogens is 524 g/mol. The second-order valence-corrected chi connectivity index (χ2v) is 10.8. The van der Waals surface area contributed by atoms with Gasteiger partial charge >= 0.3 is 0 Å². The SMILES string of the molecule is CNC(=O)COCCOCCNC(=O)C(NS(=O)(=O)c1ccc(N=Nc2ccc(N(C)C)cc2)cc1)C(C)C. The molecule has 13 heteroatoms. The predicted molar refractivity (Wildman–Crippen MR) is 149 cm³/mol. The van der Waals surface area contributed by atoms with Crippen LogP contribution in [0.1, 0.15) is 13.8 Å². The largest absolute Gasteiger partial charge is 0.378 e. The molecule has 0 saturated carbocycles. The summed E-state index contributed by atoms with van der Waals surface area (Å²) in [5.41, 5.74) is 2.20. The van der Waals surface area contributed by atoms with Crippen molar-refractivity contribution in [3.8, 4) is 0 Å². The number of carbonyl (C=O) groups is 2. The van der Waals surface area contributed by atoms with Gasteiger partial charge in [0, 0.05) is 33.4 Å². The number of sulfonamides is 1. The Hall–Kier alpha value is -3.39. The number of nitrogens with one attached hydrogen (secondary N) is 3. The van der Waals surface area contributed by atoms with E-state index in [0.717, 1.165) is 5.69 Å². The lowest BCUT2D eigenvalue weighted by Crippen LogP contribution is -2.50. The summed E-state index contributed by atoms with van der Waals surface area (Å²) in [7, 11) is 1.45. The molecular formula is C26H38N6O6S. The first kappa shape index (κ1) is 31.8. The van der Waals surface area contributed by atoms with E-state index in [0.29, 0.717) is 11.4 Å². The van der Waals surface area contributed by atoms with Gasteiger partial charge < -0.3 is 25.0 Å². The van der Waals surface area contributed by atoms with Gasteiger partial charge in [-0.15, -0.1) is 0 Å². The number of hydrogen-bond donors (Lipinski definition) is 3. The van der Waals surface area contributed by atoms with Crippen molar-refractivity contribution in [3.05, 3.63) is 48.5 Å². The lowest BCUT2D eigenvalue weighted by molar-refractivity contribution is -0.126. The molecule has 2 rings (SSSR count). The van der Waals surface area contributed by atoms with E-state index < -0.39 is 22.0 Å². The predicted octanol–water partition coefficient (Wildman–Crippen LogP) is 2.37. The number of amides is 2. The minimum Gasteiger partial charge on any atom is -0.378 e. The second-order valence-electron chi connectivity index (χ2n) is 9.08. The molecule has 0 aliphatic carbocycles. The molecule has 0 heterocycles. The molecule has 39 heavy (non-hydrogen) atoms. The fourth-order valence-electron chi connectivity index (χ4n) is 3.17. The van der Waals surface area contributed by atoms with Gasteiger partial charge in [0.2, 0.25) is 21.8 Å². The third-order valence-corrected chi connectivity index (χ3v) is 6.91. The van der Waals surface area contributed by atoms with E-state index in [1.165, 1.54) is 19.2 Å². The Morgan fingerprint density at radius 2 is 1.46 bits per heavy atom. The maximum Gasteiger partial charge on any atom is 0.245 e. The van der Waals surface area contributed by atoms with E-state index >= 15 is 0 Å². The van der Waals surface area contributed by atoms with Gasteiger partial charge in [0.05, 0.1) is 36.1 Å². The number of hydrogen-bond acceptors (Lipinski definition) is 9. The summed E-state index contributed by atoms with van der Waals surface area (Å²) in [4.78, 5) is 25.7. The van der Waals surface area contributed by atoms with Crippen molar-refractivity contribution < 1.29 is 27.5 Å². The van der Waals surface area contributed by atoms with Crippen LogP contribution in [0.3, 0.4) is 0 Å². The molecule has 214 valence electrons. The Morgan fingerprint density at radius 3 is 2.00 bits per heavy atom. The van der Waals surface area contributed by atoms with Gasteiger partial charge in [-0.2, -0.15) is 15.0 Å². The molecule has 0 saturated heterocycles. The van der Waals surface area contributed by atoms with Crippen LogP contribution in [0.15, 0.2) is 63.7 Å². The van der Waals surface area contributed by atoms with E-state index in [1.54, 1.807) is 26.0 Å². The van der Waals surface area contributed by atoms with E-state index in [9.17, 15) is 18.0 Å². The zero-order chi connectivity index (χ0) is 28.8. The van der Waals surface area contributed by atoms with Crippen molar-refractivity contribution in [3.63, 3.8) is 0 Å². The summed E-state index contributed by atoms with van der Waals surface area (Å²) in [5, 5.41) is 13.5. The lowest BCUT2D eigenvalue weighted by atomic mass is 10.1. The van der Waals surface area contributed by atoms with Crippen LogP contribution in [0, 0.1) is 5.92 Å². The number of rotatable bonds is 16. The van der Waals surface area contributed by atoms with Crippen LogP contribution in [-0.4, -0.2) is 80.4 Å². The van der Waals surface area contributed by atoms with Crippen molar-refractivity contribution in [1.29, 1.82) is 0 Å². The fourth-order valence-corrected chi connectivity index (χ4v) is 4.51. The Morgan fingerprint density at radius 1 is 0.897 bits per heavy atom. The normalized spacial score (nSPS) is 12.5. The summed E-state index contributed by atoms with van der Waals surface area (Å²) in [6.45, 7) is 4.35. The quantitative estimate of drug-likeness (QED) is 0.210. The molecule has 0 radical (unpaired) electrons. The topological polar surface area (TPSA) is 151 Å².